The number of aromatic nitrogens is 1. The summed E-state index contributed by atoms with van der Waals surface area (Å²) in [5.74, 6) is -0.303. The standard InChI is InChI=1S/C23H21N3O3/c24-13-16-7-5-15(6-8-16)11-17-12-21(25-19-4-2-1-3-18(17)19)23(28)26-20-9-10-29-14-22(20)27/h1-8,12,20,22,27H,9-11,14H2,(H,26,28)/t20-,22-/m0/s1. The average molecular weight is 387 g/mol. The number of benzene rings is 2. The SMILES string of the molecule is N#Cc1ccc(Cc2cc(C(=O)N[C@H]3CCOC[C@@H]3O)nc3ccccc23)cc1. The molecule has 0 unspecified atom stereocenters. The highest BCUT2D eigenvalue weighted by Gasteiger charge is 2.26. The molecule has 6 heteroatoms. The second-order valence-electron chi connectivity index (χ2n) is 7.18. The first-order valence-electron chi connectivity index (χ1n) is 9.58. The van der Waals surface area contributed by atoms with Crippen LogP contribution < -0.4 is 5.32 Å². The van der Waals surface area contributed by atoms with Crippen LogP contribution in [0.4, 0.5) is 0 Å². The average Bonchev–Trinajstić information content (AvgIpc) is 2.76. The number of nitrogens with zero attached hydrogens (tertiary/aromatic N) is 2. The number of rotatable bonds is 4. The van der Waals surface area contributed by atoms with Gasteiger partial charge in [-0.05, 0) is 48.2 Å². The Morgan fingerprint density at radius 1 is 1.24 bits per heavy atom. The minimum atomic E-state index is -0.716. The van der Waals surface area contributed by atoms with Crippen LogP contribution in [0.3, 0.4) is 0 Å². The molecule has 0 spiro atoms. The first kappa shape index (κ1) is 19.1. The fourth-order valence-electron chi connectivity index (χ4n) is 3.56. The van der Waals surface area contributed by atoms with Crippen LogP contribution in [0.15, 0.2) is 54.6 Å². The van der Waals surface area contributed by atoms with Gasteiger partial charge < -0.3 is 15.2 Å². The Morgan fingerprint density at radius 2 is 2.03 bits per heavy atom. The quantitative estimate of drug-likeness (QED) is 0.717. The van der Waals surface area contributed by atoms with Crippen LogP contribution >= 0.6 is 0 Å². The van der Waals surface area contributed by atoms with Gasteiger partial charge in [0.15, 0.2) is 0 Å². The van der Waals surface area contributed by atoms with E-state index in [2.05, 4.69) is 16.4 Å². The lowest BCUT2D eigenvalue weighted by molar-refractivity contribution is -0.0261. The van der Waals surface area contributed by atoms with Gasteiger partial charge in [-0.1, -0.05) is 30.3 Å². The van der Waals surface area contributed by atoms with E-state index in [4.69, 9.17) is 10.00 Å². The molecule has 2 aromatic carbocycles. The molecular weight excluding hydrogens is 366 g/mol. The molecule has 1 fully saturated rings. The zero-order valence-corrected chi connectivity index (χ0v) is 15.8. The predicted octanol–water partition coefficient (Wildman–Crippen LogP) is 2.58. The number of nitrogens with one attached hydrogen (secondary N) is 1. The highest BCUT2D eigenvalue weighted by molar-refractivity contribution is 5.96. The van der Waals surface area contributed by atoms with Crippen LogP contribution in [0.2, 0.25) is 0 Å². The Balaban J connectivity index is 1.64. The topological polar surface area (TPSA) is 95.2 Å². The number of nitriles is 1. The second kappa shape index (κ2) is 8.39. The smallest absolute Gasteiger partial charge is 0.270 e. The van der Waals surface area contributed by atoms with Crippen molar-refractivity contribution in [3.05, 3.63) is 77.0 Å². The summed E-state index contributed by atoms with van der Waals surface area (Å²) in [5, 5.41) is 22.9. The summed E-state index contributed by atoms with van der Waals surface area (Å²) >= 11 is 0. The summed E-state index contributed by atoms with van der Waals surface area (Å²) in [6.45, 7) is 0.733. The summed E-state index contributed by atoms with van der Waals surface area (Å²) in [6, 6.07) is 18.7. The summed E-state index contributed by atoms with van der Waals surface area (Å²) < 4.78 is 5.22. The number of para-hydroxylation sites is 1. The van der Waals surface area contributed by atoms with Crippen molar-refractivity contribution < 1.29 is 14.6 Å². The van der Waals surface area contributed by atoms with Crippen molar-refractivity contribution in [2.45, 2.75) is 25.0 Å². The number of aliphatic hydroxyl groups is 1. The van der Waals surface area contributed by atoms with Gasteiger partial charge in [-0.2, -0.15) is 5.26 Å². The van der Waals surface area contributed by atoms with E-state index < -0.39 is 6.10 Å². The first-order valence-corrected chi connectivity index (χ1v) is 9.58. The molecule has 2 heterocycles. The normalized spacial score (nSPS) is 18.9. The fourth-order valence-corrected chi connectivity index (χ4v) is 3.56. The molecule has 1 saturated heterocycles. The van der Waals surface area contributed by atoms with E-state index in [1.54, 1.807) is 12.1 Å². The zero-order valence-electron chi connectivity index (χ0n) is 15.8. The van der Waals surface area contributed by atoms with Gasteiger partial charge in [0, 0.05) is 12.0 Å². The lowest BCUT2D eigenvalue weighted by atomic mass is 9.99. The molecule has 29 heavy (non-hydrogen) atoms. The Labute approximate surface area is 168 Å². The molecule has 0 bridgehead atoms. The predicted molar refractivity (Wildman–Crippen MR) is 108 cm³/mol. The molecular formula is C23H21N3O3. The van der Waals surface area contributed by atoms with E-state index in [-0.39, 0.29) is 18.6 Å². The Bertz CT molecular complexity index is 1070. The van der Waals surface area contributed by atoms with E-state index >= 15 is 0 Å². The fraction of sp³-hybridized carbons (Fsp3) is 0.261. The molecule has 1 aliphatic rings. The van der Waals surface area contributed by atoms with Gasteiger partial charge in [0.1, 0.15) is 5.69 Å². The van der Waals surface area contributed by atoms with Gasteiger partial charge in [0.05, 0.1) is 35.9 Å². The molecule has 1 aromatic heterocycles. The third kappa shape index (κ3) is 4.27. The number of aliphatic hydroxyl groups excluding tert-OH is 1. The number of carbonyl (C=O) groups excluding carboxylic acids is 1. The minimum absolute atomic E-state index is 0.222. The summed E-state index contributed by atoms with van der Waals surface area (Å²) in [4.78, 5) is 17.4. The molecule has 146 valence electrons. The molecule has 6 nitrogen and oxygen atoms in total. The van der Waals surface area contributed by atoms with E-state index in [1.165, 1.54) is 0 Å². The summed E-state index contributed by atoms with van der Waals surface area (Å²) in [5.41, 5.74) is 3.72. The molecule has 1 amide bonds. The lowest BCUT2D eigenvalue weighted by Gasteiger charge is -2.28. The zero-order chi connectivity index (χ0) is 20.2. The van der Waals surface area contributed by atoms with Crippen LogP contribution in [-0.2, 0) is 11.2 Å². The Hall–Kier alpha value is -3.27. The number of hydrogen-bond acceptors (Lipinski definition) is 5. The van der Waals surface area contributed by atoms with Gasteiger partial charge in [-0.3, -0.25) is 4.79 Å². The first-order chi connectivity index (χ1) is 14.1. The molecule has 2 N–H and O–H groups in total. The Morgan fingerprint density at radius 3 is 2.79 bits per heavy atom. The van der Waals surface area contributed by atoms with Crippen molar-refractivity contribution in [1.82, 2.24) is 10.3 Å². The van der Waals surface area contributed by atoms with E-state index in [1.807, 2.05) is 42.5 Å². The van der Waals surface area contributed by atoms with Crippen LogP contribution in [-0.4, -0.2) is 41.4 Å². The summed E-state index contributed by atoms with van der Waals surface area (Å²) in [6.07, 6.45) is 0.472. The van der Waals surface area contributed by atoms with Crippen molar-refractivity contribution in [1.29, 1.82) is 5.26 Å². The highest BCUT2D eigenvalue weighted by atomic mass is 16.5. The maximum absolute atomic E-state index is 12.8. The largest absolute Gasteiger partial charge is 0.389 e. The van der Waals surface area contributed by atoms with Crippen molar-refractivity contribution in [3.63, 3.8) is 0 Å². The van der Waals surface area contributed by atoms with Gasteiger partial charge in [0.2, 0.25) is 0 Å². The van der Waals surface area contributed by atoms with Gasteiger partial charge in [-0.15, -0.1) is 0 Å². The Kier molecular flexibility index (Phi) is 5.52. The van der Waals surface area contributed by atoms with Gasteiger partial charge in [0.25, 0.3) is 5.91 Å². The van der Waals surface area contributed by atoms with E-state index in [0.717, 1.165) is 22.0 Å². The number of amides is 1. The summed E-state index contributed by atoms with van der Waals surface area (Å²) in [7, 11) is 0. The molecule has 2 atom stereocenters. The van der Waals surface area contributed by atoms with Crippen molar-refractivity contribution in [2.24, 2.45) is 0 Å². The molecule has 0 aliphatic carbocycles. The monoisotopic (exact) mass is 387 g/mol. The van der Waals surface area contributed by atoms with Crippen molar-refractivity contribution in [2.75, 3.05) is 13.2 Å². The molecule has 1 aliphatic heterocycles. The van der Waals surface area contributed by atoms with Gasteiger partial charge in [-0.25, -0.2) is 4.98 Å². The van der Waals surface area contributed by atoms with E-state index in [9.17, 15) is 9.90 Å². The van der Waals surface area contributed by atoms with Gasteiger partial charge >= 0.3 is 0 Å². The van der Waals surface area contributed by atoms with Crippen molar-refractivity contribution >= 4 is 16.8 Å². The number of hydrogen-bond donors (Lipinski definition) is 2. The number of ether oxygens (including phenoxy) is 1. The van der Waals surface area contributed by atoms with Crippen LogP contribution in [0, 0.1) is 11.3 Å². The third-order valence-electron chi connectivity index (χ3n) is 5.15. The number of pyridine rings is 1. The van der Waals surface area contributed by atoms with E-state index in [0.29, 0.717) is 30.7 Å². The lowest BCUT2D eigenvalue weighted by Crippen LogP contribution is -2.48. The molecule has 0 saturated carbocycles. The second-order valence-corrected chi connectivity index (χ2v) is 7.18. The molecule has 3 aromatic rings. The van der Waals surface area contributed by atoms with Crippen LogP contribution in [0.1, 0.15) is 33.6 Å². The molecule has 0 radical (unpaired) electrons. The number of carbonyl (C=O) groups is 1. The number of fused-ring (bicyclic) bond motifs is 1. The minimum Gasteiger partial charge on any atom is -0.389 e. The molecule has 4 rings (SSSR count). The maximum Gasteiger partial charge on any atom is 0.270 e. The highest BCUT2D eigenvalue weighted by Crippen LogP contribution is 2.22. The van der Waals surface area contributed by atoms with Crippen LogP contribution in [0.25, 0.3) is 10.9 Å². The third-order valence-corrected chi connectivity index (χ3v) is 5.15. The maximum atomic E-state index is 12.8. The van der Waals surface area contributed by atoms with Crippen molar-refractivity contribution in [3.8, 4) is 6.07 Å². The van der Waals surface area contributed by atoms with Crippen LogP contribution in [0.5, 0.6) is 0 Å².